The average Bonchev–Trinajstić information content (AvgIpc) is 1.73. The van der Waals surface area contributed by atoms with Crippen LogP contribution in [0, 0.1) is 5.92 Å². The number of halogens is 1. The lowest BCUT2D eigenvalue weighted by molar-refractivity contribution is -0.142. The smallest absolute Gasteiger partial charge is 0.248 e. The zero-order chi connectivity index (χ0) is 83.8. The van der Waals surface area contributed by atoms with Crippen LogP contribution in [0.15, 0.2) is 164 Å². The van der Waals surface area contributed by atoms with Crippen LogP contribution in [-0.4, -0.2) is 184 Å². The second-order valence-electron chi connectivity index (χ2n) is 29.6. The minimum atomic E-state index is -1.85. The van der Waals surface area contributed by atoms with Crippen LogP contribution in [-0.2, 0) is 86.5 Å². The number of carbonyl (C=O) groups is 10. The Morgan fingerprint density at radius 1 is 0.487 bits per heavy atom. The van der Waals surface area contributed by atoms with E-state index in [1.165, 1.54) is 24.2 Å². The van der Waals surface area contributed by atoms with Gasteiger partial charge in [0.1, 0.15) is 54.4 Å². The number of anilines is 7. The second-order valence-corrected chi connectivity index (χ2v) is 30.0. The predicted molar refractivity (Wildman–Crippen MR) is 442 cm³/mol. The molecule has 117 heavy (non-hydrogen) atoms. The van der Waals surface area contributed by atoms with Gasteiger partial charge in [0.15, 0.2) is 0 Å². The standard InChI is InChI=1S/C82H100ClN23O11/c1-45(2)35-61(70(109)98-67(40-52-18-27-58(28-19-52)88-46(3)4)78(117)106-34-10-14-69(106)77(116)89-47(5)84)93-72(111)64(38-50-20-29-59(30-21-50)91-81-100-79(85)102-104-81)95-74(113)65(39-51-22-31-60(32-23-51)92-82-101-80(86)103-105-82)97-76(115)68(44-107)99-75(114)66(42-54-11-9-33-87-43-54)96-73(112)63(37-49-16-25-57(83)26-17-49)94-71(110)62(90-48(6)108)41-53-15-24-55-12-7-8-13-56(55)36-53/h7-9,11-13,15-33,36,43,45-47,61-69,88,107H,10,14,34-35,37-42,44,84H2,1-6H3,(H,89,116)(H,90,108)(H,93,111)(H,94,110)(H,95,113)(H,96,112)(H,97,115)(H,98,109)(H,99,114)(H4,85,91,100,102,104)(H4,86,92,101,103,105)/t47-,61+,62-,63-,64-,65+,66-,67+,68+,69+/m1/s1. The number of nitrogens with two attached hydrogens (primary N) is 3. The summed E-state index contributed by atoms with van der Waals surface area (Å²) in [5.41, 5.74) is 22.7. The summed E-state index contributed by atoms with van der Waals surface area (Å²) < 4.78 is 0. The quantitative estimate of drug-likeness (QED) is 0.0244. The summed E-state index contributed by atoms with van der Waals surface area (Å²) in [6, 6.07) is 31.0. The highest BCUT2D eigenvalue weighted by atomic mass is 35.5. The largest absolute Gasteiger partial charge is 0.394 e. The Balaban J connectivity index is 0.939. The number of nitrogen functional groups attached to an aromatic ring is 2. The Bertz CT molecular complexity index is 4900. The van der Waals surface area contributed by atoms with Crippen molar-refractivity contribution in [3.8, 4) is 0 Å². The summed E-state index contributed by atoms with van der Waals surface area (Å²) in [7, 11) is 0. The number of fused-ring (bicyclic) bond motifs is 1. The Kier molecular flexibility index (Phi) is 30.5. The summed E-state index contributed by atoms with van der Waals surface area (Å²) in [4.78, 5) is 161. The van der Waals surface area contributed by atoms with Crippen LogP contribution in [0.4, 0.5) is 40.9 Å². The summed E-state index contributed by atoms with van der Waals surface area (Å²) in [5.74, 6) is -7.65. The highest BCUT2D eigenvalue weighted by Crippen LogP contribution is 2.25. The highest BCUT2D eigenvalue weighted by molar-refractivity contribution is 6.30. The van der Waals surface area contributed by atoms with E-state index in [4.69, 9.17) is 28.8 Å². The zero-order valence-corrected chi connectivity index (χ0v) is 66.4. The molecule has 10 amide bonds. The van der Waals surface area contributed by atoms with E-state index in [1.807, 2.05) is 94.4 Å². The molecule has 0 unspecified atom stereocenters. The van der Waals surface area contributed by atoms with Gasteiger partial charge in [0, 0.05) is 92.5 Å². The number of aliphatic hydroxyl groups is 1. The first kappa shape index (κ1) is 86.3. The van der Waals surface area contributed by atoms with Gasteiger partial charge in [-0.3, -0.25) is 52.9 Å². The topological polar surface area (TPSA) is 513 Å². The molecule has 1 aliphatic rings. The van der Waals surface area contributed by atoms with Gasteiger partial charge < -0.3 is 91.0 Å². The Morgan fingerprint density at radius 3 is 1.36 bits per heavy atom. The van der Waals surface area contributed by atoms with Crippen molar-refractivity contribution in [1.82, 2.24) is 88.1 Å². The molecular weight excluding hydrogens is 1520 g/mol. The fourth-order valence-corrected chi connectivity index (χ4v) is 13.6. The van der Waals surface area contributed by atoms with Gasteiger partial charge in [-0.25, -0.2) is 10.2 Å². The second kappa shape index (κ2) is 41.3. The van der Waals surface area contributed by atoms with E-state index in [0.29, 0.717) is 62.6 Å². The lowest BCUT2D eigenvalue weighted by atomic mass is 9.99. The highest BCUT2D eigenvalue weighted by Gasteiger charge is 2.40. The van der Waals surface area contributed by atoms with Gasteiger partial charge in [0.25, 0.3) is 0 Å². The Hall–Kier alpha value is -13.1. The number of aromatic nitrogens is 7. The molecule has 4 heterocycles. The summed E-state index contributed by atoms with van der Waals surface area (Å²) >= 11 is 6.29. The van der Waals surface area contributed by atoms with Crippen molar-refractivity contribution in [1.29, 1.82) is 0 Å². The lowest BCUT2D eigenvalue weighted by Crippen LogP contribution is -2.62. The van der Waals surface area contributed by atoms with Gasteiger partial charge in [-0.15, -0.1) is 10.2 Å². The average molecular weight is 1620 g/mol. The van der Waals surface area contributed by atoms with E-state index in [-0.39, 0.29) is 87.2 Å². The van der Waals surface area contributed by atoms with E-state index in [1.54, 1.807) is 91.9 Å². The molecule has 35 heteroatoms. The van der Waals surface area contributed by atoms with Crippen LogP contribution >= 0.6 is 11.6 Å². The number of aliphatic hydroxyl groups excluding tert-OH is 1. The Labute approximate surface area is 680 Å². The maximum Gasteiger partial charge on any atom is 0.248 e. The molecule has 0 aliphatic carbocycles. The number of likely N-dealkylation sites (tertiary alicyclic amines) is 1. The van der Waals surface area contributed by atoms with Crippen LogP contribution in [0.2, 0.25) is 5.02 Å². The van der Waals surface area contributed by atoms with Gasteiger partial charge in [-0.05, 0) is 145 Å². The molecule has 1 aliphatic heterocycles. The van der Waals surface area contributed by atoms with E-state index < -0.39 is 126 Å². The van der Waals surface area contributed by atoms with Gasteiger partial charge in [0.05, 0.1) is 12.8 Å². The van der Waals surface area contributed by atoms with Crippen molar-refractivity contribution in [3.63, 3.8) is 0 Å². The van der Waals surface area contributed by atoms with Crippen molar-refractivity contribution in [2.45, 2.75) is 166 Å². The maximum absolute atomic E-state index is 15.6. The molecule has 6 aromatic carbocycles. The normalized spacial score (nSPS) is 14.9. The number of aromatic amines is 2. The molecule has 9 aromatic rings. The number of benzene rings is 6. The van der Waals surface area contributed by atoms with Crippen molar-refractivity contribution >= 4 is 122 Å². The molecule has 0 spiro atoms. The van der Waals surface area contributed by atoms with Crippen LogP contribution < -0.4 is 81.0 Å². The van der Waals surface area contributed by atoms with Crippen molar-refractivity contribution < 1.29 is 53.1 Å². The summed E-state index contributed by atoms with van der Waals surface area (Å²) in [5, 5.41) is 60.9. The first-order valence-electron chi connectivity index (χ1n) is 38.5. The fourth-order valence-electron chi connectivity index (χ4n) is 13.5. The molecule has 1 fully saturated rings. The minimum absolute atomic E-state index is 0.0164. The third kappa shape index (κ3) is 26.0. The molecule has 0 bridgehead atoms. The number of amides is 10. The molecular formula is C82H100ClN23O11. The van der Waals surface area contributed by atoms with Gasteiger partial charge in [-0.1, -0.05) is 123 Å². The molecule has 616 valence electrons. The van der Waals surface area contributed by atoms with Crippen LogP contribution in [0.25, 0.3) is 10.8 Å². The van der Waals surface area contributed by atoms with Crippen molar-refractivity contribution in [3.05, 3.63) is 202 Å². The maximum atomic E-state index is 15.6. The number of hydrogen-bond acceptors (Lipinski definition) is 22. The fraction of sp³-hybridized carbons (Fsp3) is 0.354. The van der Waals surface area contributed by atoms with Gasteiger partial charge >= 0.3 is 0 Å². The number of pyridine rings is 1. The molecule has 10 atom stereocenters. The Morgan fingerprint density at radius 2 is 0.906 bits per heavy atom. The third-order valence-electron chi connectivity index (χ3n) is 19.1. The third-order valence-corrected chi connectivity index (χ3v) is 19.4. The number of nitrogens with one attached hydrogen (secondary N) is 14. The van der Waals surface area contributed by atoms with Crippen LogP contribution in [0.3, 0.4) is 0 Å². The molecule has 0 radical (unpaired) electrons. The molecule has 0 saturated carbocycles. The molecule has 3 aromatic heterocycles. The molecule has 10 rings (SSSR count). The van der Waals surface area contributed by atoms with E-state index in [2.05, 4.69) is 99.1 Å². The molecule has 21 N–H and O–H groups in total. The minimum Gasteiger partial charge on any atom is -0.394 e. The summed E-state index contributed by atoms with van der Waals surface area (Å²) in [6.07, 6.45) is 2.16. The number of H-pyrrole nitrogens is 2. The number of carbonyl (C=O) groups excluding carboxylic acids is 10. The number of hydrogen-bond donors (Lipinski definition) is 18. The zero-order valence-electron chi connectivity index (χ0n) is 65.6. The van der Waals surface area contributed by atoms with E-state index >= 15 is 28.8 Å². The van der Waals surface area contributed by atoms with Crippen LogP contribution in [0.5, 0.6) is 0 Å². The number of rotatable bonds is 39. The van der Waals surface area contributed by atoms with E-state index in [9.17, 15) is 24.3 Å². The summed E-state index contributed by atoms with van der Waals surface area (Å²) in [6.45, 7) is 9.64. The number of nitrogens with zero attached hydrogens (tertiary/aromatic N) is 6. The first-order chi connectivity index (χ1) is 56.1. The lowest BCUT2D eigenvalue weighted by Gasteiger charge is -2.31. The SMILES string of the molecule is CC(=O)N[C@H](Cc1ccc2ccccc2c1)C(=O)N[C@H](Cc1ccc(Cl)cc1)C(=O)N[C@H](Cc1cccnc1)C(=O)N[C@@H](CO)C(=O)N[C@@H](Cc1ccc(Nc2n[nH]c(N)n2)cc1)C(=O)N[C@H](Cc1ccc(Nc2n[nH]c(N)n2)cc1)C(=O)N[C@@H](CC(C)C)C(=O)N[C@@H](Cc1ccc(NC(C)C)cc1)C(=O)N1CCC[C@H]1C(=O)N[C@H](C)N. The monoisotopic (exact) mass is 1620 g/mol. The van der Waals surface area contributed by atoms with Gasteiger partial charge in [0.2, 0.25) is 82.9 Å². The van der Waals surface area contributed by atoms with Crippen LogP contribution in [0.1, 0.15) is 94.2 Å². The van der Waals surface area contributed by atoms with Crippen molar-refractivity contribution in [2.75, 3.05) is 40.6 Å². The van der Waals surface area contributed by atoms with Crippen molar-refractivity contribution in [2.24, 2.45) is 11.7 Å². The van der Waals surface area contributed by atoms with E-state index in [0.717, 1.165) is 16.5 Å². The molecule has 1 saturated heterocycles. The molecule has 34 nitrogen and oxygen atoms in total. The predicted octanol–water partition coefficient (Wildman–Crippen LogP) is 3.70. The van der Waals surface area contributed by atoms with Gasteiger partial charge in [-0.2, -0.15) is 9.97 Å². The first-order valence-corrected chi connectivity index (χ1v) is 38.9.